The van der Waals surface area contributed by atoms with Crippen LogP contribution in [-0.4, -0.2) is 24.5 Å². The molecule has 1 aliphatic rings. The molecule has 1 fully saturated rings. The van der Waals surface area contributed by atoms with Gasteiger partial charge < -0.3 is 10.6 Å². The molecule has 2 atom stereocenters. The van der Waals surface area contributed by atoms with Crippen molar-refractivity contribution in [1.29, 1.82) is 0 Å². The molecule has 1 saturated heterocycles. The van der Waals surface area contributed by atoms with Gasteiger partial charge in [-0.2, -0.15) is 0 Å². The normalized spacial score (nSPS) is 23.1. The summed E-state index contributed by atoms with van der Waals surface area (Å²) < 4.78 is 0. The summed E-state index contributed by atoms with van der Waals surface area (Å²) in [6.07, 6.45) is 7.32. The fourth-order valence-electron chi connectivity index (χ4n) is 1.56. The van der Waals surface area contributed by atoms with Gasteiger partial charge in [-0.25, -0.2) is 0 Å². The molecule has 1 unspecified atom stereocenters. The lowest BCUT2D eigenvalue weighted by Gasteiger charge is -2.19. The first-order valence-corrected chi connectivity index (χ1v) is 5.15. The molecule has 0 saturated carbocycles. The number of rotatable bonds is 3. The lowest BCUT2D eigenvalue weighted by atomic mass is 10.0. The standard InChI is InChI=1S/C11H18N2O/c1-4-9(8(2)3)13-11(14)10-6-5-7-12-10/h1,8-10,12H,5-7H2,2-3H3,(H,13,14)/t9?,10-/m1/s1. The van der Waals surface area contributed by atoms with Crippen LogP contribution in [0, 0.1) is 18.3 Å². The molecular formula is C11H18N2O. The molecule has 3 nitrogen and oxygen atoms in total. The van der Waals surface area contributed by atoms with Crippen LogP contribution >= 0.6 is 0 Å². The van der Waals surface area contributed by atoms with Crippen molar-refractivity contribution < 1.29 is 4.79 Å². The second kappa shape index (κ2) is 5.02. The minimum atomic E-state index is -0.148. The predicted molar refractivity (Wildman–Crippen MR) is 56.6 cm³/mol. The molecule has 0 bridgehead atoms. The molecule has 1 rings (SSSR count). The molecule has 0 aromatic carbocycles. The van der Waals surface area contributed by atoms with Gasteiger partial charge in [-0.3, -0.25) is 4.79 Å². The highest BCUT2D eigenvalue weighted by Crippen LogP contribution is 2.06. The van der Waals surface area contributed by atoms with Crippen LogP contribution in [-0.2, 0) is 4.79 Å². The predicted octanol–water partition coefficient (Wildman–Crippen LogP) is 0.512. The summed E-state index contributed by atoms with van der Waals surface area (Å²) >= 11 is 0. The third-order valence-corrected chi connectivity index (χ3v) is 2.52. The second-order valence-electron chi connectivity index (χ2n) is 4.05. The Bertz CT molecular complexity index is 236. The Labute approximate surface area is 85.6 Å². The van der Waals surface area contributed by atoms with Crippen molar-refractivity contribution in [1.82, 2.24) is 10.6 Å². The van der Waals surface area contributed by atoms with Gasteiger partial charge >= 0.3 is 0 Å². The molecule has 0 aromatic heterocycles. The van der Waals surface area contributed by atoms with Gasteiger partial charge in [0.15, 0.2) is 0 Å². The molecule has 78 valence electrons. The van der Waals surface area contributed by atoms with Gasteiger partial charge in [-0.1, -0.05) is 19.8 Å². The average molecular weight is 194 g/mol. The largest absolute Gasteiger partial charge is 0.341 e. The average Bonchev–Trinajstić information content (AvgIpc) is 2.65. The molecule has 1 amide bonds. The fourth-order valence-corrected chi connectivity index (χ4v) is 1.56. The Morgan fingerprint density at radius 2 is 2.36 bits per heavy atom. The lowest BCUT2D eigenvalue weighted by Crippen LogP contribution is -2.46. The maximum absolute atomic E-state index is 11.6. The summed E-state index contributed by atoms with van der Waals surface area (Å²) in [7, 11) is 0. The topological polar surface area (TPSA) is 41.1 Å². The van der Waals surface area contributed by atoms with Gasteiger partial charge in [-0.05, 0) is 25.3 Å². The molecule has 0 aromatic rings. The third kappa shape index (κ3) is 2.74. The second-order valence-corrected chi connectivity index (χ2v) is 4.05. The Morgan fingerprint density at radius 1 is 1.64 bits per heavy atom. The quantitative estimate of drug-likeness (QED) is 0.643. The van der Waals surface area contributed by atoms with Gasteiger partial charge in [0, 0.05) is 0 Å². The first kappa shape index (κ1) is 11.1. The maximum atomic E-state index is 11.6. The highest BCUT2D eigenvalue weighted by atomic mass is 16.2. The van der Waals surface area contributed by atoms with E-state index in [1.807, 2.05) is 13.8 Å². The number of nitrogens with one attached hydrogen (secondary N) is 2. The summed E-state index contributed by atoms with van der Waals surface area (Å²) in [6.45, 7) is 4.94. The SMILES string of the molecule is C#CC(NC(=O)[C@H]1CCCN1)C(C)C. The zero-order valence-corrected chi connectivity index (χ0v) is 8.84. The molecule has 0 spiro atoms. The molecule has 0 radical (unpaired) electrons. The van der Waals surface area contributed by atoms with Crippen LogP contribution in [0.5, 0.6) is 0 Å². The zero-order valence-electron chi connectivity index (χ0n) is 8.84. The molecule has 1 aliphatic heterocycles. The summed E-state index contributed by atoms with van der Waals surface area (Å²) in [5, 5.41) is 6.01. The van der Waals surface area contributed by atoms with Crippen molar-refractivity contribution in [3.05, 3.63) is 0 Å². The maximum Gasteiger partial charge on any atom is 0.238 e. The minimum Gasteiger partial charge on any atom is -0.341 e. The van der Waals surface area contributed by atoms with Crippen LogP contribution in [0.1, 0.15) is 26.7 Å². The zero-order chi connectivity index (χ0) is 10.6. The fraction of sp³-hybridized carbons (Fsp3) is 0.727. The smallest absolute Gasteiger partial charge is 0.238 e. The van der Waals surface area contributed by atoms with Crippen molar-refractivity contribution in [3.63, 3.8) is 0 Å². The van der Waals surface area contributed by atoms with Crippen LogP contribution in [0.4, 0.5) is 0 Å². The number of terminal acetylenes is 1. The van der Waals surface area contributed by atoms with Crippen LogP contribution in [0.15, 0.2) is 0 Å². The summed E-state index contributed by atoms with van der Waals surface area (Å²) in [4.78, 5) is 11.6. The molecular weight excluding hydrogens is 176 g/mol. The van der Waals surface area contributed by atoms with Crippen LogP contribution in [0.25, 0.3) is 0 Å². The number of carbonyl (C=O) groups excluding carboxylic acids is 1. The Kier molecular flexibility index (Phi) is 3.97. The third-order valence-electron chi connectivity index (χ3n) is 2.52. The van der Waals surface area contributed by atoms with E-state index in [9.17, 15) is 4.79 Å². The van der Waals surface area contributed by atoms with Gasteiger partial charge in [0.25, 0.3) is 0 Å². The van der Waals surface area contributed by atoms with Gasteiger partial charge in [0.05, 0.1) is 12.1 Å². The number of hydrogen-bond donors (Lipinski definition) is 2. The highest BCUT2D eigenvalue weighted by Gasteiger charge is 2.24. The van der Waals surface area contributed by atoms with E-state index in [-0.39, 0.29) is 23.9 Å². The first-order chi connectivity index (χ1) is 6.65. The van der Waals surface area contributed by atoms with Crippen molar-refractivity contribution >= 4 is 5.91 Å². The van der Waals surface area contributed by atoms with E-state index in [4.69, 9.17) is 6.42 Å². The van der Waals surface area contributed by atoms with E-state index in [1.165, 1.54) is 0 Å². The van der Waals surface area contributed by atoms with Gasteiger partial charge in [0.1, 0.15) is 0 Å². The first-order valence-electron chi connectivity index (χ1n) is 5.15. The molecule has 0 aliphatic carbocycles. The van der Waals surface area contributed by atoms with Gasteiger partial charge in [0.2, 0.25) is 5.91 Å². The van der Waals surface area contributed by atoms with Crippen LogP contribution in [0.2, 0.25) is 0 Å². The molecule has 1 heterocycles. The van der Waals surface area contributed by atoms with Gasteiger partial charge in [-0.15, -0.1) is 6.42 Å². The summed E-state index contributed by atoms with van der Waals surface area (Å²) in [6, 6.07) is -0.186. The summed E-state index contributed by atoms with van der Waals surface area (Å²) in [5.74, 6) is 2.92. The minimum absolute atomic E-state index is 0.0374. The summed E-state index contributed by atoms with van der Waals surface area (Å²) in [5.41, 5.74) is 0. The van der Waals surface area contributed by atoms with Crippen LogP contribution in [0.3, 0.4) is 0 Å². The monoisotopic (exact) mass is 194 g/mol. The molecule has 14 heavy (non-hydrogen) atoms. The Morgan fingerprint density at radius 3 is 2.79 bits per heavy atom. The van der Waals surface area contributed by atoms with Crippen molar-refractivity contribution in [2.24, 2.45) is 5.92 Å². The number of amides is 1. The van der Waals surface area contributed by atoms with Crippen LogP contribution < -0.4 is 10.6 Å². The van der Waals surface area contributed by atoms with Crippen molar-refractivity contribution in [3.8, 4) is 12.3 Å². The van der Waals surface area contributed by atoms with E-state index < -0.39 is 0 Å². The van der Waals surface area contributed by atoms with E-state index in [0.29, 0.717) is 0 Å². The molecule has 3 heteroatoms. The van der Waals surface area contributed by atoms with E-state index in [0.717, 1.165) is 19.4 Å². The van der Waals surface area contributed by atoms with Crippen molar-refractivity contribution in [2.75, 3.05) is 6.54 Å². The Balaban J connectivity index is 2.42. The number of carbonyl (C=O) groups is 1. The Hall–Kier alpha value is -1.01. The number of hydrogen-bond acceptors (Lipinski definition) is 2. The highest BCUT2D eigenvalue weighted by molar-refractivity contribution is 5.82. The van der Waals surface area contributed by atoms with E-state index in [1.54, 1.807) is 0 Å². The lowest BCUT2D eigenvalue weighted by molar-refractivity contribution is -0.123. The van der Waals surface area contributed by atoms with E-state index in [2.05, 4.69) is 16.6 Å². The van der Waals surface area contributed by atoms with E-state index >= 15 is 0 Å². The van der Waals surface area contributed by atoms with Crippen molar-refractivity contribution in [2.45, 2.75) is 38.8 Å². The molecule has 2 N–H and O–H groups in total.